The maximum atomic E-state index is 13.3. The summed E-state index contributed by atoms with van der Waals surface area (Å²) >= 11 is 0. The molecule has 1 unspecified atom stereocenters. The van der Waals surface area contributed by atoms with Crippen LogP contribution in [0.25, 0.3) is 10.9 Å². The van der Waals surface area contributed by atoms with E-state index in [0.29, 0.717) is 12.2 Å². The first-order valence-electron chi connectivity index (χ1n) is 9.19. The number of aromatic nitrogens is 2. The number of piperidine rings is 1. The van der Waals surface area contributed by atoms with E-state index in [9.17, 15) is 9.18 Å². The van der Waals surface area contributed by atoms with Crippen molar-refractivity contribution in [2.24, 2.45) is 0 Å². The molecule has 138 valence electrons. The van der Waals surface area contributed by atoms with Crippen LogP contribution in [0.5, 0.6) is 0 Å². The molecule has 4 rings (SSSR count). The summed E-state index contributed by atoms with van der Waals surface area (Å²) < 4.78 is 13.3. The van der Waals surface area contributed by atoms with Gasteiger partial charge in [-0.15, -0.1) is 0 Å². The Labute approximate surface area is 157 Å². The van der Waals surface area contributed by atoms with Gasteiger partial charge in [-0.05, 0) is 55.8 Å². The number of amides is 1. The highest BCUT2D eigenvalue weighted by molar-refractivity contribution is 5.94. The van der Waals surface area contributed by atoms with Crippen molar-refractivity contribution < 1.29 is 9.18 Å². The minimum absolute atomic E-state index is 0.00874. The summed E-state index contributed by atoms with van der Waals surface area (Å²) in [7, 11) is 0. The molecule has 3 heterocycles. The molecule has 6 heteroatoms. The second kappa shape index (κ2) is 7.80. The third kappa shape index (κ3) is 4.11. The van der Waals surface area contributed by atoms with Gasteiger partial charge in [0.1, 0.15) is 5.82 Å². The molecule has 1 atom stereocenters. The second-order valence-electron chi connectivity index (χ2n) is 6.85. The first-order chi connectivity index (χ1) is 13.2. The van der Waals surface area contributed by atoms with E-state index in [1.54, 1.807) is 24.5 Å². The Morgan fingerprint density at radius 1 is 1.22 bits per heavy atom. The molecule has 1 N–H and O–H groups in total. The summed E-state index contributed by atoms with van der Waals surface area (Å²) in [5, 5.41) is 3.74. The zero-order valence-corrected chi connectivity index (χ0v) is 14.9. The molecule has 1 saturated heterocycles. The van der Waals surface area contributed by atoms with Crippen LogP contribution < -0.4 is 5.32 Å². The van der Waals surface area contributed by atoms with E-state index < -0.39 is 0 Å². The fraction of sp³-hybridized carbons (Fsp3) is 0.286. The summed E-state index contributed by atoms with van der Waals surface area (Å²) in [4.78, 5) is 23.6. The number of nitrogens with zero attached hydrogens (tertiary/aromatic N) is 3. The fourth-order valence-electron chi connectivity index (χ4n) is 3.57. The number of carbonyl (C=O) groups is 1. The third-order valence-corrected chi connectivity index (χ3v) is 4.92. The standard InChI is InChI=1S/C21H21FN4O/c22-16-7-9-19-15(12-16)6-8-18(24-19)14-26-11-2-1-5-20(26)21(27)25-17-4-3-10-23-13-17/h3-4,6-10,12-13,20H,1-2,5,11,14H2,(H,25,27). The van der Waals surface area contributed by atoms with E-state index in [2.05, 4.69) is 20.2 Å². The van der Waals surface area contributed by atoms with Crippen LogP contribution in [0.2, 0.25) is 0 Å². The number of hydrogen-bond acceptors (Lipinski definition) is 4. The number of nitrogens with one attached hydrogen (secondary N) is 1. The number of halogens is 1. The van der Waals surface area contributed by atoms with Crippen molar-refractivity contribution in [3.63, 3.8) is 0 Å². The number of likely N-dealkylation sites (tertiary alicyclic amines) is 1. The molecule has 1 aliphatic heterocycles. The maximum Gasteiger partial charge on any atom is 0.241 e. The van der Waals surface area contributed by atoms with Gasteiger partial charge in [0.05, 0.1) is 29.1 Å². The first kappa shape index (κ1) is 17.5. The predicted molar refractivity (Wildman–Crippen MR) is 103 cm³/mol. The van der Waals surface area contributed by atoms with Crippen molar-refractivity contribution in [1.82, 2.24) is 14.9 Å². The number of pyridine rings is 2. The van der Waals surface area contributed by atoms with Crippen LogP contribution in [0.1, 0.15) is 25.0 Å². The second-order valence-corrected chi connectivity index (χ2v) is 6.85. The molecule has 1 fully saturated rings. The van der Waals surface area contributed by atoms with E-state index in [0.717, 1.165) is 42.4 Å². The van der Waals surface area contributed by atoms with Crippen LogP contribution in [-0.2, 0) is 11.3 Å². The lowest BCUT2D eigenvalue weighted by Gasteiger charge is -2.34. The Balaban J connectivity index is 1.50. The first-order valence-corrected chi connectivity index (χ1v) is 9.19. The average Bonchev–Trinajstić information content (AvgIpc) is 2.69. The number of carbonyl (C=O) groups excluding carboxylic acids is 1. The number of fused-ring (bicyclic) bond motifs is 1. The Bertz CT molecular complexity index is 947. The minimum atomic E-state index is -0.264. The monoisotopic (exact) mass is 364 g/mol. The highest BCUT2D eigenvalue weighted by Gasteiger charge is 2.29. The van der Waals surface area contributed by atoms with Gasteiger partial charge >= 0.3 is 0 Å². The quantitative estimate of drug-likeness (QED) is 0.766. The highest BCUT2D eigenvalue weighted by Crippen LogP contribution is 2.22. The van der Waals surface area contributed by atoms with Gasteiger partial charge in [-0.3, -0.25) is 19.7 Å². The largest absolute Gasteiger partial charge is 0.323 e. The molecule has 0 radical (unpaired) electrons. The van der Waals surface area contributed by atoms with Crippen molar-refractivity contribution in [2.75, 3.05) is 11.9 Å². The van der Waals surface area contributed by atoms with Crippen molar-refractivity contribution in [3.8, 4) is 0 Å². The van der Waals surface area contributed by atoms with E-state index in [4.69, 9.17) is 0 Å². The van der Waals surface area contributed by atoms with E-state index in [1.807, 2.05) is 18.2 Å². The smallest absolute Gasteiger partial charge is 0.241 e. The van der Waals surface area contributed by atoms with Crippen LogP contribution in [-0.4, -0.2) is 33.4 Å². The molecular weight excluding hydrogens is 343 g/mol. The lowest BCUT2D eigenvalue weighted by molar-refractivity contribution is -0.122. The Kier molecular flexibility index (Phi) is 5.07. The van der Waals surface area contributed by atoms with Gasteiger partial charge in [-0.1, -0.05) is 12.5 Å². The molecule has 5 nitrogen and oxygen atoms in total. The molecular formula is C21H21FN4O. The van der Waals surface area contributed by atoms with Gasteiger partial charge in [0.2, 0.25) is 5.91 Å². The zero-order chi connectivity index (χ0) is 18.6. The van der Waals surface area contributed by atoms with E-state index in [1.165, 1.54) is 12.1 Å². The van der Waals surface area contributed by atoms with Crippen molar-refractivity contribution >= 4 is 22.5 Å². The number of hydrogen-bond donors (Lipinski definition) is 1. The lowest BCUT2D eigenvalue weighted by Crippen LogP contribution is -2.46. The molecule has 0 spiro atoms. The predicted octanol–water partition coefficient (Wildman–Crippen LogP) is 3.76. The summed E-state index contributed by atoms with van der Waals surface area (Å²) in [5.74, 6) is -0.272. The highest BCUT2D eigenvalue weighted by atomic mass is 19.1. The normalized spacial score (nSPS) is 17.7. The summed E-state index contributed by atoms with van der Waals surface area (Å²) in [5.41, 5.74) is 2.36. The minimum Gasteiger partial charge on any atom is -0.323 e. The van der Waals surface area contributed by atoms with Crippen LogP contribution in [0.15, 0.2) is 54.9 Å². The summed E-state index contributed by atoms with van der Waals surface area (Å²) in [6.07, 6.45) is 6.25. The van der Waals surface area contributed by atoms with Crippen LogP contribution in [0.4, 0.5) is 10.1 Å². The molecule has 0 aliphatic carbocycles. The Morgan fingerprint density at radius 3 is 3.00 bits per heavy atom. The zero-order valence-electron chi connectivity index (χ0n) is 14.9. The number of anilines is 1. The van der Waals surface area contributed by atoms with Gasteiger partial charge in [0.25, 0.3) is 0 Å². The molecule has 1 aliphatic rings. The lowest BCUT2D eigenvalue weighted by atomic mass is 10.0. The molecule has 1 amide bonds. The molecule has 1 aromatic carbocycles. The third-order valence-electron chi connectivity index (χ3n) is 4.92. The summed E-state index contributed by atoms with van der Waals surface area (Å²) in [6.45, 7) is 1.45. The van der Waals surface area contributed by atoms with Gasteiger partial charge in [-0.25, -0.2) is 4.39 Å². The Hall–Kier alpha value is -2.86. The summed E-state index contributed by atoms with van der Waals surface area (Å²) in [6, 6.07) is 11.8. The van der Waals surface area contributed by atoms with E-state index >= 15 is 0 Å². The number of benzene rings is 1. The molecule has 0 saturated carbocycles. The maximum absolute atomic E-state index is 13.3. The number of rotatable bonds is 4. The average molecular weight is 364 g/mol. The van der Waals surface area contributed by atoms with Crippen LogP contribution in [0.3, 0.4) is 0 Å². The van der Waals surface area contributed by atoms with Gasteiger partial charge in [-0.2, -0.15) is 0 Å². The van der Waals surface area contributed by atoms with Gasteiger partial charge in [0.15, 0.2) is 0 Å². The van der Waals surface area contributed by atoms with Gasteiger partial charge < -0.3 is 5.32 Å². The molecule has 27 heavy (non-hydrogen) atoms. The van der Waals surface area contributed by atoms with Crippen molar-refractivity contribution in [2.45, 2.75) is 31.8 Å². The Morgan fingerprint density at radius 2 is 2.15 bits per heavy atom. The fourth-order valence-corrected chi connectivity index (χ4v) is 3.57. The van der Waals surface area contributed by atoms with E-state index in [-0.39, 0.29) is 17.8 Å². The van der Waals surface area contributed by atoms with Crippen LogP contribution >= 0.6 is 0 Å². The van der Waals surface area contributed by atoms with Gasteiger partial charge in [0, 0.05) is 18.1 Å². The topological polar surface area (TPSA) is 58.1 Å². The SMILES string of the molecule is O=C(Nc1cccnc1)C1CCCCN1Cc1ccc2cc(F)ccc2n1. The molecule has 0 bridgehead atoms. The molecule has 3 aromatic rings. The van der Waals surface area contributed by atoms with Crippen molar-refractivity contribution in [3.05, 3.63) is 66.4 Å². The van der Waals surface area contributed by atoms with Crippen LogP contribution in [0, 0.1) is 5.82 Å². The molecule has 2 aromatic heterocycles. The van der Waals surface area contributed by atoms with Crippen molar-refractivity contribution in [1.29, 1.82) is 0 Å².